The summed E-state index contributed by atoms with van der Waals surface area (Å²) in [7, 11) is 0. The van der Waals surface area contributed by atoms with Crippen molar-refractivity contribution in [3.8, 4) is 0 Å². The SMILES string of the molecule is CCCCC(CC)CC1(CBr)CC2CC2C1. The van der Waals surface area contributed by atoms with Gasteiger partial charge in [0, 0.05) is 5.33 Å². The van der Waals surface area contributed by atoms with E-state index in [9.17, 15) is 0 Å². The second kappa shape index (κ2) is 5.42. The van der Waals surface area contributed by atoms with E-state index in [0.29, 0.717) is 5.41 Å². The molecule has 0 bridgehead atoms. The lowest BCUT2D eigenvalue weighted by Gasteiger charge is -2.33. The maximum atomic E-state index is 3.81. The van der Waals surface area contributed by atoms with Crippen molar-refractivity contribution in [1.29, 1.82) is 0 Å². The van der Waals surface area contributed by atoms with Gasteiger partial charge in [0.25, 0.3) is 0 Å². The Hall–Kier alpha value is 0.480. The predicted octanol–water partition coefficient (Wildman–Crippen LogP) is 5.40. The van der Waals surface area contributed by atoms with Gasteiger partial charge in [-0.2, -0.15) is 0 Å². The molecule has 2 saturated carbocycles. The van der Waals surface area contributed by atoms with E-state index < -0.39 is 0 Å². The summed E-state index contributed by atoms with van der Waals surface area (Å²) in [5, 5.41) is 1.26. The first-order valence-corrected chi connectivity index (χ1v) is 8.41. The van der Waals surface area contributed by atoms with Crippen LogP contribution in [0.1, 0.15) is 65.2 Å². The Morgan fingerprint density at radius 2 is 1.94 bits per heavy atom. The van der Waals surface area contributed by atoms with Crippen molar-refractivity contribution in [2.45, 2.75) is 65.2 Å². The van der Waals surface area contributed by atoms with Crippen molar-refractivity contribution in [2.75, 3.05) is 5.33 Å². The lowest BCUT2D eigenvalue weighted by molar-refractivity contribution is 0.217. The van der Waals surface area contributed by atoms with Gasteiger partial charge < -0.3 is 0 Å². The molecular formula is C15H27Br. The zero-order valence-electron chi connectivity index (χ0n) is 11.0. The van der Waals surface area contributed by atoms with Crippen molar-refractivity contribution in [3.63, 3.8) is 0 Å². The number of hydrogen-bond acceptors (Lipinski definition) is 0. The molecule has 3 unspecified atom stereocenters. The predicted molar refractivity (Wildman–Crippen MR) is 75.0 cm³/mol. The van der Waals surface area contributed by atoms with E-state index in [1.807, 2.05) is 0 Å². The smallest absolute Gasteiger partial charge is 0.00882 e. The molecule has 0 aromatic heterocycles. The maximum absolute atomic E-state index is 3.81. The van der Waals surface area contributed by atoms with Gasteiger partial charge in [-0.25, -0.2) is 0 Å². The third-order valence-electron chi connectivity index (χ3n) is 5.01. The molecule has 3 atom stereocenters. The summed E-state index contributed by atoms with van der Waals surface area (Å²) in [6.45, 7) is 4.70. The molecule has 0 aromatic rings. The Balaban J connectivity index is 1.84. The molecule has 94 valence electrons. The van der Waals surface area contributed by atoms with E-state index >= 15 is 0 Å². The summed E-state index contributed by atoms with van der Waals surface area (Å²) in [6.07, 6.45) is 11.8. The van der Waals surface area contributed by atoms with Crippen molar-refractivity contribution in [1.82, 2.24) is 0 Å². The fraction of sp³-hybridized carbons (Fsp3) is 1.00. The number of rotatable bonds is 7. The molecule has 16 heavy (non-hydrogen) atoms. The molecule has 2 rings (SSSR count). The number of fused-ring (bicyclic) bond motifs is 1. The minimum atomic E-state index is 0.696. The molecule has 1 heteroatoms. The van der Waals surface area contributed by atoms with Crippen molar-refractivity contribution < 1.29 is 0 Å². The third-order valence-corrected chi connectivity index (χ3v) is 6.20. The highest BCUT2D eigenvalue weighted by Crippen LogP contribution is 2.62. The van der Waals surface area contributed by atoms with Gasteiger partial charge >= 0.3 is 0 Å². The van der Waals surface area contributed by atoms with Crippen LogP contribution < -0.4 is 0 Å². The van der Waals surface area contributed by atoms with E-state index in [-0.39, 0.29) is 0 Å². The zero-order chi connectivity index (χ0) is 11.6. The summed E-state index contributed by atoms with van der Waals surface area (Å²) in [6, 6.07) is 0. The quantitative estimate of drug-likeness (QED) is 0.550. The number of unbranched alkanes of at least 4 members (excludes halogenated alkanes) is 1. The second-order valence-corrected chi connectivity index (χ2v) is 6.98. The van der Waals surface area contributed by atoms with Gasteiger partial charge in [0.05, 0.1) is 0 Å². The van der Waals surface area contributed by atoms with Crippen LogP contribution >= 0.6 is 15.9 Å². The van der Waals surface area contributed by atoms with Crippen LogP contribution in [0, 0.1) is 23.2 Å². The number of halogens is 1. The maximum Gasteiger partial charge on any atom is 0.00882 e. The van der Waals surface area contributed by atoms with E-state index in [2.05, 4.69) is 29.8 Å². The molecule has 0 N–H and O–H groups in total. The highest BCUT2D eigenvalue weighted by atomic mass is 79.9. The molecule has 0 aliphatic heterocycles. The van der Waals surface area contributed by atoms with Crippen molar-refractivity contribution in [2.24, 2.45) is 23.2 Å². The van der Waals surface area contributed by atoms with Gasteiger partial charge in [-0.3, -0.25) is 0 Å². The lowest BCUT2D eigenvalue weighted by atomic mass is 9.75. The molecule has 0 heterocycles. The zero-order valence-corrected chi connectivity index (χ0v) is 12.6. The van der Waals surface area contributed by atoms with Crippen molar-refractivity contribution in [3.05, 3.63) is 0 Å². The molecule has 0 saturated heterocycles. The highest BCUT2D eigenvalue weighted by molar-refractivity contribution is 9.09. The summed E-state index contributed by atoms with van der Waals surface area (Å²) < 4.78 is 0. The number of hydrogen-bond donors (Lipinski definition) is 0. The molecule has 2 aliphatic carbocycles. The molecule has 0 radical (unpaired) electrons. The van der Waals surface area contributed by atoms with Crippen molar-refractivity contribution >= 4 is 15.9 Å². The minimum Gasteiger partial charge on any atom is -0.0922 e. The molecular weight excluding hydrogens is 260 g/mol. The molecule has 0 amide bonds. The molecule has 0 nitrogen and oxygen atoms in total. The Labute approximate surface area is 110 Å². The topological polar surface area (TPSA) is 0 Å². The number of alkyl halides is 1. The molecule has 0 aromatic carbocycles. The summed E-state index contributed by atoms with van der Waals surface area (Å²) in [4.78, 5) is 0. The van der Waals surface area contributed by atoms with Crippen LogP contribution in [0.2, 0.25) is 0 Å². The molecule has 2 aliphatic rings. The monoisotopic (exact) mass is 286 g/mol. The van der Waals surface area contributed by atoms with Gasteiger partial charge in [-0.1, -0.05) is 55.5 Å². The van der Waals surface area contributed by atoms with Crippen LogP contribution in [0.4, 0.5) is 0 Å². The summed E-state index contributed by atoms with van der Waals surface area (Å²) in [5.74, 6) is 3.25. The van der Waals surface area contributed by atoms with E-state index in [0.717, 1.165) is 17.8 Å². The highest BCUT2D eigenvalue weighted by Gasteiger charge is 2.53. The average molecular weight is 287 g/mol. The fourth-order valence-electron chi connectivity index (χ4n) is 3.89. The Morgan fingerprint density at radius 3 is 2.44 bits per heavy atom. The summed E-state index contributed by atoms with van der Waals surface area (Å²) >= 11 is 3.81. The standard InChI is InChI=1S/C15H27Br/c1-3-5-6-12(4-2)8-15(11-16)9-13-7-14(13)10-15/h12-14H,3-11H2,1-2H3. The normalized spacial score (nSPS) is 38.4. The van der Waals surface area contributed by atoms with Gasteiger partial charge in [0.1, 0.15) is 0 Å². The first kappa shape index (κ1) is 12.9. The van der Waals surface area contributed by atoms with Gasteiger partial charge in [0.15, 0.2) is 0 Å². The van der Waals surface area contributed by atoms with Gasteiger partial charge in [-0.15, -0.1) is 0 Å². The fourth-order valence-corrected chi connectivity index (χ4v) is 4.58. The third kappa shape index (κ3) is 2.83. The van der Waals surface area contributed by atoms with Gasteiger partial charge in [-0.05, 0) is 48.9 Å². The van der Waals surface area contributed by atoms with Crippen LogP contribution in [0.5, 0.6) is 0 Å². The largest absolute Gasteiger partial charge is 0.0922 e. The van der Waals surface area contributed by atoms with Gasteiger partial charge in [0.2, 0.25) is 0 Å². The summed E-state index contributed by atoms with van der Waals surface area (Å²) in [5.41, 5.74) is 0.696. The Bertz CT molecular complexity index is 213. The lowest BCUT2D eigenvalue weighted by Crippen LogP contribution is -2.24. The first-order chi connectivity index (χ1) is 7.73. The van der Waals surface area contributed by atoms with E-state index in [4.69, 9.17) is 0 Å². The second-order valence-electron chi connectivity index (χ2n) is 6.42. The first-order valence-electron chi connectivity index (χ1n) is 7.29. The molecule has 2 fully saturated rings. The van der Waals surface area contributed by atoms with E-state index in [1.165, 1.54) is 50.3 Å². The Morgan fingerprint density at radius 1 is 1.25 bits per heavy atom. The van der Waals surface area contributed by atoms with Crippen LogP contribution in [0.15, 0.2) is 0 Å². The van der Waals surface area contributed by atoms with Crippen LogP contribution in [0.3, 0.4) is 0 Å². The van der Waals surface area contributed by atoms with Crippen LogP contribution in [0.25, 0.3) is 0 Å². The Kier molecular flexibility index (Phi) is 4.38. The minimum absolute atomic E-state index is 0.696. The van der Waals surface area contributed by atoms with Crippen LogP contribution in [-0.2, 0) is 0 Å². The van der Waals surface area contributed by atoms with E-state index in [1.54, 1.807) is 6.42 Å². The average Bonchev–Trinajstić information content (AvgIpc) is 2.93. The molecule has 0 spiro atoms. The van der Waals surface area contributed by atoms with Crippen LogP contribution in [-0.4, -0.2) is 5.33 Å².